The van der Waals surface area contributed by atoms with Gasteiger partial charge in [-0.2, -0.15) is 0 Å². The Morgan fingerprint density at radius 3 is 2.32 bits per heavy atom. The fourth-order valence-corrected chi connectivity index (χ4v) is 1.34. The Kier molecular flexibility index (Phi) is 8.00. The third kappa shape index (κ3) is 6.45. The molecule has 0 aromatic heterocycles. The highest BCUT2D eigenvalue weighted by Crippen LogP contribution is 2.28. The van der Waals surface area contributed by atoms with E-state index in [-0.39, 0.29) is 6.42 Å². The smallest absolute Gasteiger partial charge is 0.308 e. The molecule has 0 aliphatic rings. The fourth-order valence-electron chi connectivity index (χ4n) is 1.34. The molecule has 0 bridgehead atoms. The van der Waals surface area contributed by atoms with Crippen LogP contribution in [0.2, 0.25) is 0 Å². The average Bonchev–Trinajstić information content (AvgIpc) is 2.34. The summed E-state index contributed by atoms with van der Waals surface area (Å²) in [6.07, 6.45) is -0.0968. The van der Waals surface area contributed by atoms with Crippen LogP contribution in [-0.2, 0) is 16.0 Å². The maximum atomic E-state index is 10.9. The minimum Gasteiger partial charge on any atom is -0.490 e. The lowest BCUT2D eigenvalue weighted by atomic mass is 10.1. The van der Waals surface area contributed by atoms with Crippen molar-refractivity contribution in [3.05, 3.63) is 23.8 Å². The van der Waals surface area contributed by atoms with Gasteiger partial charge in [-0.15, -0.1) is 0 Å². The highest BCUT2D eigenvalue weighted by atomic mass is 16.6. The van der Waals surface area contributed by atoms with E-state index in [2.05, 4.69) is 0 Å². The number of aliphatic carboxylic acids is 1. The molecule has 0 aliphatic carbocycles. The van der Waals surface area contributed by atoms with Crippen LogP contribution in [0.4, 0.5) is 0 Å². The number of benzene rings is 1. The molecule has 0 atom stereocenters. The van der Waals surface area contributed by atoms with E-state index < -0.39 is 11.9 Å². The molecule has 0 radical (unpaired) electrons. The number of carbonyl (C=O) groups is 2. The summed E-state index contributed by atoms with van der Waals surface area (Å²) in [5.74, 6) is -0.695. The summed E-state index contributed by atoms with van der Waals surface area (Å²) < 4.78 is 10.2. The van der Waals surface area contributed by atoms with Gasteiger partial charge >= 0.3 is 11.9 Å². The van der Waals surface area contributed by atoms with Crippen molar-refractivity contribution in [1.29, 1.82) is 0 Å². The molecule has 0 fully saturated rings. The number of hydrogen-bond donors (Lipinski definition) is 1. The van der Waals surface area contributed by atoms with E-state index in [1.807, 2.05) is 13.8 Å². The summed E-state index contributed by atoms with van der Waals surface area (Å²) in [5.41, 5.74) is 0.594. The quantitative estimate of drug-likeness (QED) is 0.656. The Morgan fingerprint density at radius 2 is 1.84 bits per heavy atom. The molecule has 0 saturated carbocycles. The molecule has 1 aromatic rings. The summed E-state index contributed by atoms with van der Waals surface area (Å²) >= 11 is 0. The molecule has 0 aliphatic heterocycles. The van der Waals surface area contributed by atoms with Crippen LogP contribution in [-0.4, -0.2) is 23.7 Å². The molecular weight excluding hydrogens is 248 g/mol. The van der Waals surface area contributed by atoms with Crippen LogP contribution >= 0.6 is 0 Å². The zero-order chi connectivity index (χ0) is 14.8. The highest BCUT2D eigenvalue weighted by molar-refractivity contribution is 5.72. The van der Waals surface area contributed by atoms with Crippen molar-refractivity contribution in [2.75, 3.05) is 6.61 Å². The molecule has 106 valence electrons. The van der Waals surface area contributed by atoms with Crippen molar-refractivity contribution in [3.8, 4) is 11.5 Å². The van der Waals surface area contributed by atoms with Crippen LogP contribution in [0.1, 0.15) is 33.3 Å². The molecular formula is C14H20O5. The zero-order valence-electron chi connectivity index (χ0n) is 11.7. The Morgan fingerprint density at radius 1 is 1.21 bits per heavy atom. The fraction of sp³-hybridized carbons (Fsp3) is 0.429. The lowest BCUT2D eigenvalue weighted by molar-refractivity contribution is -0.136. The van der Waals surface area contributed by atoms with Crippen LogP contribution in [0, 0.1) is 0 Å². The molecule has 1 rings (SSSR count). The van der Waals surface area contributed by atoms with Crippen molar-refractivity contribution in [3.63, 3.8) is 0 Å². The van der Waals surface area contributed by atoms with Gasteiger partial charge in [-0.3, -0.25) is 9.59 Å². The van der Waals surface area contributed by atoms with Crippen molar-refractivity contribution in [2.45, 2.75) is 34.1 Å². The SMILES string of the molecule is CC.CCOc1cc(CC(=O)O)ccc1OC(C)=O. The number of hydrogen-bond acceptors (Lipinski definition) is 4. The number of rotatable bonds is 5. The van der Waals surface area contributed by atoms with E-state index in [0.717, 1.165) is 0 Å². The van der Waals surface area contributed by atoms with Gasteiger partial charge < -0.3 is 14.6 Å². The zero-order valence-corrected chi connectivity index (χ0v) is 11.7. The second kappa shape index (κ2) is 8.97. The van der Waals surface area contributed by atoms with Gasteiger partial charge in [0.1, 0.15) is 0 Å². The number of ether oxygens (including phenoxy) is 2. The molecule has 0 saturated heterocycles. The van der Waals surface area contributed by atoms with E-state index in [1.165, 1.54) is 13.0 Å². The highest BCUT2D eigenvalue weighted by Gasteiger charge is 2.10. The third-order valence-corrected chi connectivity index (χ3v) is 1.92. The Hall–Kier alpha value is -2.04. The summed E-state index contributed by atoms with van der Waals surface area (Å²) in [4.78, 5) is 21.4. The lowest BCUT2D eigenvalue weighted by Crippen LogP contribution is -2.06. The number of carbonyl (C=O) groups excluding carboxylic acids is 1. The van der Waals surface area contributed by atoms with Crippen LogP contribution < -0.4 is 9.47 Å². The first kappa shape index (κ1) is 17.0. The molecule has 1 N–H and O–H groups in total. The number of carboxylic acid groups (broad SMARTS) is 1. The largest absolute Gasteiger partial charge is 0.490 e. The standard InChI is InChI=1S/C12H14O5.C2H6/c1-3-16-11-6-9(7-12(14)15)4-5-10(11)17-8(2)13;1-2/h4-6H,3,7H2,1-2H3,(H,14,15);1-2H3. The summed E-state index contributed by atoms with van der Waals surface area (Å²) in [7, 11) is 0. The number of carboxylic acids is 1. The van der Waals surface area contributed by atoms with Crippen LogP contribution in [0.25, 0.3) is 0 Å². The minimum atomic E-state index is -0.923. The molecule has 0 unspecified atom stereocenters. The Balaban J connectivity index is 0.00000154. The monoisotopic (exact) mass is 268 g/mol. The first-order valence-electron chi connectivity index (χ1n) is 6.19. The van der Waals surface area contributed by atoms with Gasteiger partial charge in [0, 0.05) is 6.92 Å². The maximum Gasteiger partial charge on any atom is 0.308 e. The molecule has 0 heterocycles. The van der Waals surface area contributed by atoms with E-state index in [9.17, 15) is 9.59 Å². The molecule has 1 aromatic carbocycles. The summed E-state index contributed by atoms with van der Waals surface area (Å²) in [5, 5.41) is 8.68. The van der Waals surface area contributed by atoms with Crippen molar-refractivity contribution >= 4 is 11.9 Å². The maximum absolute atomic E-state index is 10.9. The molecule has 0 amide bonds. The first-order valence-corrected chi connectivity index (χ1v) is 6.19. The van der Waals surface area contributed by atoms with E-state index in [4.69, 9.17) is 14.6 Å². The summed E-state index contributed by atoms with van der Waals surface area (Å²) in [6, 6.07) is 4.69. The normalized spacial score (nSPS) is 9.05. The van der Waals surface area contributed by atoms with E-state index >= 15 is 0 Å². The topological polar surface area (TPSA) is 72.8 Å². The second-order valence-electron chi connectivity index (χ2n) is 3.38. The minimum absolute atomic E-state index is 0.0968. The van der Waals surface area contributed by atoms with Crippen LogP contribution in [0.15, 0.2) is 18.2 Å². The second-order valence-corrected chi connectivity index (χ2v) is 3.38. The van der Waals surface area contributed by atoms with Crippen molar-refractivity contribution < 1.29 is 24.2 Å². The average molecular weight is 268 g/mol. The van der Waals surface area contributed by atoms with Gasteiger partial charge in [0.25, 0.3) is 0 Å². The van der Waals surface area contributed by atoms with Gasteiger partial charge in [-0.25, -0.2) is 0 Å². The van der Waals surface area contributed by atoms with E-state index in [1.54, 1.807) is 19.1 Å². The van der Waals surface area contributed by atoms with Crippen molar-refractivity contribution in [1.82, 2.24) is 0 Å². The number of esters is 1. The molecule has 19 heavy (non-hydrogen) atoms. The molecule has 0 spiro atoms. The van der Waals surface area contributed by atoms with Gasteiger partial charge in [-0.1, -0.05) is 19.9 Å². The van der Waals surface area contributed by atoms with Crippen molar-refractivity contribution in [2.24, 2.45) is 0 Å². The van der Waals surface area contributed by atoms with Crippen LogP contribution in [0.3, 0.4) is 0 Å². The molecule has 5 nitrogen and oxygen atoms in total. The first-order chi connectivity index (χ1) is 9.02. The summed E-state index contributed by atoms with van der Waals surface area (Å²) in [6.45, 7) is 7.49. The third-order valence-electron chi connectivity index (χ3n) is 1.92. The van der Waals surface area contributed by atoms with E-state index in [0.29, 0.717) is 23.7 Å². The van der Waals surface area contributed by atoms with Gasteiger partial charge in [0.15, 0.2) is 11.5 Å². The van der Waals surface area contributed by atoms with Gasteiger partial charge in [-0.05, 0) is 24.6 Å². The Bertz CT molecular complexity index is 426. The Labute approximate surface area is 113 Å². The van der Waals surface area contributed by atoms with Crippen LogP contribution in [0.5, 0.6) is 11.5 Å². The lowest BCUT2D eigenvalue weighted by Gasteiger charge is -2.10. The predicted molar refractivity (Wildman–Crippen MR) is 71.6 cm³/mol. The van der Waals surface area contributed by atoms with Gasteiger partial charge in [0.2, 0.25) is 0 Å². The van der Waals surface area contributed by atoms with Gasteiger partial charge in [0.05, 0.1) is 13.0 Å². The molecule has 5 heteroatoms. The predicted octanol–water partition coefficient (Wildman–Crippen LogP) is 2.66.